The molecule has 0 saturated heterocycles. The highest BCUT2D eigenvalue weighted by Crippen LogP contribution is 2.34. The molecule has 0 unspecified atom stereocenters. The lowest BCUT2D eigenvalue weighted by atomic mass is 9.89. The number of halogens is 1. The fourth-order valence-electron chi connectivity index (χ4n) is 3.60. The number of rotatable bonds is 6. The van der Waals surface area contributed by atoms with Gasteiger partial charge in [0.15, 0.2) is 0 Å². The first kappa shape index (κ1) is 25.6. The summed E-state index contributed by atoms with van der Waals surface area (Å²) >= 11 is 3.35. The first-order valence-electron chi connectivity index (χ1n) is 10.4. The predicted octanol–water partition coefficient (Wildman–Crippen LogP) is 0.824. The number of aliphatic hydroxyl groups excluding tert-OH is 3. The van der Waals surface area contributed by atoms with Crippen molar-refractivity contribution in [3.8, 4) is 6.07 Å². The molecule has 2 aromatic rings. The van der Waals surface area contributed by atoms with Gasteiger partial charge in [0.05, 0.1) is 24.2 Å². The molecular formula is C22H25BrN4O7. The number of aromatic nitrogens is 2. The third-order valence-corrected chi connectivity index (χ3v) is 5.95. The summed E-state index contributed by atoms with van der Waals surface area (Å²) in [5.41, 5.74) is -0.329. The zero-order chi connectivity index (χ0) is 25.4. The summed E-state index contributed by atoms with van der Waals surface area (Å²) < 4.78 is 7.43. The molecular weight excluding hydrogens is 512 g/mol. The van der Waals surface area contributed by atoms with Gasteiger partial charge in [0.1, 0.15) is 30.1 Å². The maximum Gasteiger partial charge on any atom is 0.370 e. The van der Waals surface area contributed by atoms with Gasteiger partial charge >= 0.3 is 5.97 Å². The molecule has 182 valence electrons. The van der Waals surface area contributed by atoms with E-state index >= 15 is 0 Å². The molecule has 1 aromatic carbocycles. The van der Waals surface area contributed by atoms with Crippen molar-refractivity contribution < 1.29 is 34.8 Å². The summed E-state index contributed by atoms with van der Waals surface area (Å²) in [7, 11) is 0. The van der Waals surface area contributed by atoms with E-state index in [4.69, 9.17) is 4.74 Å². The number of nitrogens with one attached hydrogen (secondary N) is 1. The van der Waals surface area contributed by atoms with Crippen molar-refractivity contribution in [3.63, 3.8) is 0 Å². The number of carbonyl (C=O) groups is 2. The van der Waals surface area contributed by atoms with Crippen molar-refractivity contribution in [2.75, 3.05) is 6.61 Å². The van der Waals surface area contributed by atoms with E-state index in [9.17, 15) is 35.3 Å². The quantitative estimate of drug-likeness (QED) is 0.357. The molecule has 5 N–H and O–H groups in total. The molecule has 0 radical (unpaired) electrons. The minimum absolute atomic E-state index is 0.0927. The van der Waals surface area contributed by atoms with E-state index in [1.807, 2.05) is 0 Å². The van der Waals surface area contributed by atoms with Crippen LogP contribution in [0.3, 0.4) is 0 Å². The summed E-state index contributed by atoms with van der Waals surface area (Å²) in [6, 6.07) is 4.91. The number of nitrogens with zero attached hydrogens (tertiary/aromatic N) is 3. The maximum atomic E-state index is 12.9. The largest absolute Gasteiger partial charge is 0.478 e. The average Bonchev–Trinajstić information content (AvgIpc) is 3.14. The lowest BCUT2D eigenvalue weighted by Gasteiger charge is -2.41. The zero-order valence-electron chi connectivity index (χ0n) is 18.6. The van der Waals surface area contributed by atoms with Crippen LogP contribution in [0, 0.1) is 16.7 Å². The van der Waals surface area contributed by atoms with Gasteiger partial charge in [0.25, 0.3) is 0 Å². The van der Waals surface area contributed by atoms with Gasteiger partial charge < -0.3 is 30.5 Å². The van der Waals surface area contributed by atoms with Crippen LogP contribution in [-0.2, 0) is 14.3 Å². The molecule has 1 aliphatic heterocycles. The standard InChI is InChI=1S/C22H25BrN4O7/c1-22(2,3)21(33)25-17-13(7-16(20(31)32)34-19(17)18(30)15(29)9-28)27-14(8-24)11-6-10(23)4-5-12(11)26-27/h4-7,13,15,17-19,28-30H,9H2,1-3H3,(H,25,33)(H,31,32)/t13-,15+,17+,18+,19+/m0/s1. The van der Waals surface area contributed by atoms with E-state index < -0.39 is 60.1 Å². The van der Waals surface area contributed by atoms with Crippen LogP contribution in [0.5, 0.6) is 0 Å². The highest BCUT2D eigenvalue weighted by Gasteiger charge is 2.46. The predicted molar refractivity (Wildman–Crippen MR) is 122 cm³/mol. The highest BCUT2D eigenvalue weighted by atomic mass is 79.9. The Bertz CT molecular complexity index is 1180. The van der Waals surface area contributed by atoms with E-state index in [-0.39, 0.29) is 5.69 Å². The van der Waals surface area contributed by atoms with Gasteiger partial charge in [-0.15, -0.1) is 0 Å². The van der Waals surface area contributed by atoms with E-state index in [0.29, 0.717) is 15.4 Å². The first-order chi connectivity index (χ1) is 15.9. The van der Waals surface area contributed by atoms with Gasteiger partial charge in [-0.1, -0.05) is 36.7 Å². The lowest BCUT2D eigenvalue weighted by molar-refractivity contribution is -0.148. The van der Waals surface area contributed by atoms with Gasteiger partial charge in [-0.2, -0.15) is 10.4 Å². The van der Waals surface area contributed by atoms with Gasteiger partial charge in [0, 0.05) is 15.3 Å². The fraction of sp³-hybridized carbons (Fsp3) is 0.455. The van der Waals surface area contributed by atoms with Crippen LogP contribution < -0.4 is 5.32 Å². The fourth-order valence-corrected chi connectivity index (χ4v) is 3.96. The molecule has 0 saturated carbocycles. The van der Waals surface area contributed by atoms with Crippen LogP contribution in [0.25, 0.3) is 10.9 Å². The maximum absolute atomic E-state index is 12.9. The van der Waals surface area contributed by atoms with Crippen molar-refractivity contribution in [2.24, 2.45) is 5.41 Å². The van der Waals surface area contributed by atoms with Crippen molar-refractivity contribution in [3.05, 3.63) is 40.2 Å². The molecule has 1 aliphatic rings. The third kappa shape index (κ3) is 4.92. The summed E-state index contributed by atoms with van der Waals surface area (Å²) in [5.74, 6) is -2.48. The number of aliphatic hydroxyl groups is 3. The summed E-state index contributed by atoms with van der Waals surface area (Å²) in [6.45, 7) is 4.15. The van der Waals surface area contributed by atoms with E-state index in [0.717, 1.165) is 0 Å². The molecule has 1 aromatic heterocycles. The van der Waals surface area contributed by atoms with Crippen molar-refractivity contribution in [1.29, 1.82) is 5.26 Å². The van der Waals surface area contributed by atoms with Crippen LogP contribution in [0.15, 0.2) is 34.5 Å². The number of aliphatic carboxylic acids is 1. The molecule has 0 aliphatic carbocycles. The molecule has 11 nitrogen and oxygen atoms in total. The summed E-state index contributed by atoms with van der Waals surface area (Å²) in [4.78, 5) is 24.7. The Labute approximate surface area is 203 Å². The Morgan fingerprint density at radius 2 is 2.03 bits per heavy atom. The van der Waals surface area contributed by atoms with Gasteiger partial charge in [0.2, 0.25) is 11.7 Å². The number of ether oxygens (including phenoxy) is 1. The normalized spacial score (nSPS) is 22.3. The van der Waals surface area contributed by atoms with Gasteiger partial charge in [-0.3, -0.25) is 4.79 Å². The second-order valence-electron chi connectivity index (χ2n) is 8.97. The number of nitriles is 1. The second kappa shape index (κ2) is 9.71. The van der Waals surface area contributed by atoms with Crippen LogP contribution in [0.2, 0.25) is 0 Å². The Kier molecular flexibility index (Phi) is 7.32. The zero-order valence-corrected chi connectivity index (χ0v) is 20.2. The molecule has 34 heavy (non-hydrogen) atoms. The molecule has 3 rings (SSSR count). The Balaban J connectivity index is 2.24. The SMILES string of the molecule is CC(C)(C)C(=O)N[C@H]1[C@H]([C@H](O)[C@H](O)CO)OC(C(=O)O)=C[C@@H]1n1nc2ccc(Br)cc2c1C#N. The van der Waals surface area contributed by atoms with E-state index in [1.165, 1.54) is 10.8 Å². The monoisotopic (exact) mass is 536 g/mol. The Morgan fingerprint density at radius 3 is 2.59 bits per heavy atom. The molecule has 1 amide bonds. The summed E-state index contributed by atoms with van der Waals surface area (Å²) in [5, 5.41) is 57.3. The van der Waals surface area contributed by atoms with Crippen LogP contribution in [0.1, 0.15) is 32.5 Å². The van der Waals surface area contributed by atoms with Crippen LogP contribution in [0.4, 0.5) is 0 Å². The van der Waals surface area contributed by atoms with Crippen LogP contribution in [-0.4, -0.2) is 73.0 Å². The molecule has 2 heterocycles. The highest BCUT2D eigenvalue weighted by molar-refractivity contribution is 9.10. The summed E-state index contributed by atoms with van der Waals surface area (Å²) in [6.07, 6.45) is -3.76. The molecule has 5 atom stereocenters. The van der Waals surface area contributed by atoms with Crippen LogP contribution >= 0.6 is 15.9 Å². The molecule has 0 spiro atoms. The first-order valence-corrected chi connectivity index (χ1v) is 11.2. The minimum atomic E-state index is -1.77. The third-order valence-electron chi connectivity index (χ3n) is 5.46. The number of fused-ring (bicyclic) bond motifs is 1. The van der Waals surface area contributed by atoms with Crippen molar-refractivity contribution >= 4 is 38.7 Å². The number of hydrogen-bond acceptors (Lipinski definition) is 8. The van der Waals surface area contributed by atoms with E-state index in [1.54, 1.807) is 39.0 Å². The van der Waals surface area contributed by atoms with E-state index in [2.05, 4.69) is 32.4 Å². The molecule has 12 heteroatoms. The number of carboxylic acid groups (broad SMARTS) is 1. The number of carboxylic acids is 1. The molecule has 0 bridgehead atoms. The average molecular weight is 537 g/mol. The number of benzene rings is 1. The van der Waals surface area contributed by atoms with Gasteiger partial charge in [-0.05, 0) is 24.3 Å². The number of carbonyl (C=O) groups excluding carboxylic acids is 1. The second-order valence-corrected chi connectivity index (χ2v) is 9.88. The topological polar surface area (TPSA) is 178 Å². The number of hydrogen-bond donors (Lipinski definition) is 5. The van der Waals surface area contributed by atoms with Gasteiger partial charge in [-0.25, -0.2) is 9.48 Å². The van der Waals surface area contributed by atoms with Crippen molar-refractivity contribution in [1.82, 2.24) is 15.1 Å². The lowest BCUT2D eigenvalue weighted by Crippen LogP contribution is -2.60. The minimum Gasteiger partial charge on any atom is -0.478 e. The Morgan fingerprint density at radius 1 is 1.35 bits per heavy atom. The molecule has 0 fully saturated rings. The smallest absolute Gasteiger partial charge is 0.370 e. The Hall–Kier alpha value is -2.98. The van der Waals surface area contributed by atoms with Crippen molar-refractivity contribution in [2.45, 2.75) is 51.2 Å². The number of amides is 1.